The van der Waals surface area contributed by atoms with Gasteiger partial charge in [-0.25, -0.2) is 8.78 Å². The molecular formula is C13H18F2N2O. The zero-order valence-electron chi connectivity index (χ0n) is 10.6. The van der Waals surface area contributed by atoms with Gasteiger partial charge in [0.05, 0.1) is 25.3 Å². The first-order valence-electron chi connectivity index (χ1n) is 6.02. The lowest BCUT2D eigenvalue weighted by Gasteiger charge is -2.35. The lowest BCUT2D eigenvalue weighted by atomic mass is 9.97. The van der Waals surface area contributed by atoms with Gasteiger partial charge in [-0.15, -0.1) is 0 Å². The smallest absolute Gasteiger partial charge is 0.130 e. The number of hydrogen-bond donors (Lipinski definition) is 1. The van der Waals surface area contributed by atoms with Gasteiger partial charge in [-0.1, -0.05) is 6.07 Å². The van der Waals surface area contributed by atoms with Crippen molar-refractivity contribution < 1.29 is 13.5 Å². The van der Waals surface area contributed by atoms with Crippen LogP contribution in [0, 0.1) is 11.6 Å². The van der Waals surface area contributed by atoms with E-state index in [1.54, 1.807) is 0 Å². The number of morpholine rings is 1. The maximum absolute atomic E-state index is 13.9. The number of nitrogens with zero attached hydrogens (tertiary/aromatic N) is 1. The first-order valence-corrected chi connectivity index (χ1v) is 6.02. The van der Waals surface area contributed by atoms with Crippen LogP contribution in [0.2, 0.25) is 0 Å². The van der Waals surface area contributed by atoms with E-state index in [4.69, 9.17) is 4.74 Å². The molecule has 1 aromatic carbocycles. The van der Waals surface area contributed by atoms with Gasteiger partial charge in [0.2, 0.25) is 0 Å². The Bertz CT molecular complexity index is 406. The normalized spacial score (nSPS) is 22.2. The van der Waals surface area contributed by atoms with Crippen molar-refractivity contribution in [2.24, 2.45) is 0 Å². The maximum Gasteiger partial charge on any atom is 0.130 e. The van der Waals surface area contributed by atoms with Crippen molar-refractivity contribution in [3.05, 3.63) is 35.4 Å². The summed E-state index contributed by atoms with van der Waals surface area (Å²) in [6.45, 7) is 1.94. The molecule has 1 saturated heterocycles. The van der Waals surface area contributed by atoms with E-state index in [2.05, 4.69) is 5.32 Å². The Hall–Kier alpha value is -1.04. The van der Waals surface area contributed by atoms with Gasteiger partial charge in [-0.3, -0.25) is 0 Å². The molecule has 1 fully saturated rings. The zero-order valence-corrected chi connectivity index (χ0v) is 10.6. The van der Waals surface area contributed by atoms with Crippen LogP contribution in [-0.4, -0.2) is 44.8 Å². The highest BCUT2D eigenvalue weighted by Gasteiger charge is 2.29. The van der Waals surface area contributed by atoms with Gasteiger partial charge in [-0.05, 0) is 20.2 Å². The molecule has 0 radical (unpaired) electrons. The molecule has 5 heteroatoms. The third-order valence-electron chi connectivity index (χ3n) is 3.17. The van der Waals surface area contributed by atoms with E-state index in [0.29, 0.717) is 18.8 Å². The summed E-state index contributed by atoms with van der Waals surface area (Å²) in [6, 6.07) is 3.55. The molecule has 2 rings (SSSR count). The Kier molecular flexibility index (Phi) is 4.27. The van der Waals surface area contributed by atoms with Crippen LogP contribution in [0.4, 0.5) is 8.78 Å². The summed E-state index contributed by atoms with van der Waals surface area (Å²) >= 11 is 0. The molecule has 1 heterocycles. The van der Waals surface area contributed by atoms with Crippen LogP contribution in [0.15, 0.2) is 18.2 Å². The molecule has 0 bridgehead atoms. The largest absolute Gasteiger partial charge is 0.378 e. The molecule has 3 nitrogen and oxygen atoms in total. The molecule has 0 saturated carbocycles. The Morgan fingerprint density at radius 3 is 2.72 bits per heavy atom. The number of benzene rings is 1. The standard InChI is InChI=1S/C13H18F2N2O/c1-17(2)13(12-8-18-6-5-16-12)10-4-3-9(14)7-11(10)15/h3-4,7,12-13,16H,5-6,8H2,1-2H3. The van der Waals surface area contributed by atoms with E-state index >= 15 is 0 Å². The Morgan fingerprint density at radius 2 is 2.17 bits per heavy atom. The Balaban J connectivity index is 2.28. The van der Waals surface area contributed by atoms with Crippen LogP contribution < -0.4 is 5.32 Å². The monoisotopic (exact) mass is 256 g/mol. The lowest BCUT2D eigenvalue weighted by molar-refractivity contribution is 0.0451. The summed E-state index contributed by atoms with van der Waals surface area (Å²) in [4.78, 5) is 1.92. The minimum Gasteiger partial charge on any atom is -0.378 e. The number of likely N-dealkylation sites (N-methyl/N-ethyl adjacent to an activating group) is 1. The third kappa shape index (κ3) is 2.85. The summed E-state index contributed by atoms with van der Waals surface area (Å²) in [7, 11) is 3.76. The van der Waals surface area contributed by atoms with Crippen molar-refractivity contribution in [3.8, 4) is 0 Å². The predicted octanol–water partition coefficient (Wildman–Crippen LogP) is 1.56. The van der Waals surface area contributed by atoms with E-state index < -0.39 is 11.6 Å². The van der Waals surface area contributed by atoms with Crippen LogP contribution in [0.5, 0.6) is 0 Å². The minimum absolute atomic E-state index is 0.00807. The van der Waals surface area contributed by atoms with E-state index in [0.717, 1.165) is 12.6 Å². The number of halogens is 2. The minimum atomic E-state index is -0.554. The molecule has 1 aromatic rings. The van der Waals surface area contributed by atoms with Crippen LogP contribution in [-0.2, 0) is 4.74 Å². The van der Waals surface area contributed by atoms with Crippen molar-refractivity contribution in [2.75, 3.05) is 33.9 Å². The second-order valence-corrected chi connectivity index (χ2v) is 4.71. The summed E-state index contributed by atoms with van der Waals surface area (Å²) in [5.74, 6) is -1.07. The van der Waals surface area contributed by atoms with Crippen molar-refractivity contribution in [1.82, 2.24) is 10.2 Å². The molecule has 0 amide bonds. The van der Waals surface area contributed by atoms with Gasteiger partial charge in [-0.2, -0.15) is 0 Å². The molecule has 2 unspecified atom stereocenters. The third-order valence-corrected chi connectivity index (χ3v) is 3.17. The number of rotatable bonds is 3. The lowest BCUT2D eigenvalue weighted by Crippen LogP contribution is -2.49. The molecule has 1 aliphatic heterocycles. The van der Waals surface area contributed by atoms with Crippen LogP contribution >= 0.6 is 0 Å². The Labute approximate surface area is 106 Å². The highest BCUT2D eigenvalue weighted by atomic mass is 19.1. The van der Waals surface area contributed by atoms with Gasteiger partial charge in [0.15, 0.2) is 0 Å². The van der Waals surface area contributed by atoms with Crippen LogP contribution in [0.25, 0.3) is 0 Å². The fourth-order valence-electron chi connectivity index (χ4n) is 2.38. The van der Waals surface area contributed by atoms with E-state index in [1.807, 2.05) is 19.0 Å². The average Bonchev–Trinajstić information content (AvgIpc) is 2.33. The van der Waals surface area contributed by atoms with Gasteiger partial charge in [0, 0.05) is 18.2 Å². The van der Waals surface area contributed by atoms with E-state index in [9.17, 15) is 8.78 Å². The molecule has 0 aliphatic carbocycles. The molecular weight excluding hydrogens is 238 g/mol. The van der Waals surface area contributed by atoms with Gasteiger partial charge in [0.1, 0.15) is 11.6 Å². The second kappa shape index (κ2) is 5.73. The van der Waals surface area contributed by atoms with Crippen molar-refractivity contribution >= 4 is 0 Å². The molecule has 1 aliphatic rings. The van der Waals surface area contributed by atoms with E-state index in [-0.39, 0.29) is 12.1 Å². The number of hydrogen-bond acceptors (Lipinski definition) is 3. The SMILES string of the molecule is CN(C)C(c1ccc(F)cc1F)C1COCCN1. The quantitative estimate of drug-likeness (QED) is 0.888. The number of nitrogens with one attached hydrogen (secondary N) is 1. The zero-order chi connectivity index (χ0) is 13.1. The molecule has 0 spiro atoms. The van der Waals surface area contributed by atoms with Gasteiger partial charge < -0.3 is 15.0 Å². The summed E-state index contributed by atoms with van der Waals surface area (Å²) < 4.78 is 32.3. The summed E-state index contributed by atoms with van der Waals surface area (Å²) in [6.07, 6.45) is 0. The topological polar surface area (TPSA) is 24.5 Å². The maximum atomic E-state index is 13.9. The Morgan fingerprint density at radius 1 is 1.39 bits per heavy atom. The van der Waals surface area contributed by atoms with Crippen molar-refractivity contribution in [2.45, 2.75) is 12.1 Å². The predicted molar refractivity (Wildman–Crippen MR) is 65.4 cm³/mol. The van der Waals surface area contributed by atoms with Crippen LogP contribution in [0.1, 0.15) is 11.6 Å². The fourth-order valence-corrected chi connectivity index (χ4v) is 2.38. The molecule has 0 aromatic heterocycles. The highest BCUT2D eigenvalue weighted by molar-refractivity contribution is 5.24. The van der Waals surface area contributed by atoms with Crippen molar-refractivity contribution in [3.63, 3.8) is 0 Å². The van der Waals surface area contributed by atoms with Crippen molar-refractivity contribution in [1.29, 1.82) is 0 Å². The second-order valence-electron chi connectivity index (χ2n) is 4.71. The number of ether oxygens (including phenoxy) is 1. The summed E-state index contributed by atoms with van der Waals surface area (Å²) in [5, 5.41) is 3.31. The fraction of sp³-hybridized carbons (Fsp3) is 0.538. The molecule has 100 valence electrons. The van der Waals surface area contributed by atoms with Gasteiger partial charge >= 0.3 is 0 Å². The molecule has 1 N–H and O–H groups in total. The average molecular weight is 256 g/mol. The molecule has 2 atom stereocenters. The highest BCUT2D eigenvalue weighted by Crippen LogP contribution is 2.26. The van der Waals surface area contributed by atoms with Crippen LogP contribution in [0.3, 0.4) is 0 Å². The first-order chi connectivity index (χ1) is 8.59. The first kappa shape index (κ1) is 13.4. The van der Waals surface area contributed by atoms with E-state index in [1.165, 1.54) is 12.1 Å². The molecule has 18 heavy (non-hydrogen) atoms. The van der Waals surface area contributed by atoms with Gasteiger partial charge in [0.25, 0.3) is 0 Å². The summed E-state index contributed by atoms with van der Waals surface area (Å²) in [5.41, 5.74) is 0.490.